The minimum atomic E-state index is -0.410. The van der Waals surface area contributed by atoms with Crippen LogP contribution in [0.15, 0.2) is 24.3 Å². The maximum Gasteiger partial charge on any atom is 0.261 e. The van der Waals surface area contributed by atoms with Gasteiger partial charge in [-0.25, -0.2) is 0 Å². The Balaban J connectivity index is 1.45. The third-order valence-corrected chi connectivity index (χ3v) is 6.06. The van der Waals surface area contributed by atoms with Crippen molar-refractivity contribution in [2.24, 2.45) is 5.41 Å². The molecule has 1 saturated heterocycles. The molecule has 2 heterocycles. The predicted molar refractivity (Wildman–Crippen MR) is 94.7 cm³/mol. The lowest BCUT2D eigenvalue weighted by Crippen LogP contribution is -2.51. The summed E-state index contributed by atoms with van der Waals surface area (Å²) in [6, 6.07) is 6.88. The lowest BCUT2D eigenvalue weighted by atomic mass is 9.72. The topological polar surface area (TPSA) is 66.9 Å². The van der Waals surface area contributed by atoms with Crippen LogP contribution in [0.2, 0.25) is 0 Å². The zero-order chi connectivity index (χ0) is 18.3. The molecule has 2 fully saturated rings. The number of ether oxygens (including phenoxy) is 1. The molecule has 4 rings (SSSR count). The summed E-state index contributed by atoms with van der Waals surface area (Å²) in [6.45, 7) is 4.51. The third kappa shape index (κ3) is 2.72. The highest BCUT2D eigenvalue weighted by Crippen LogP contribution is 2.41. The van der Waals surface area contributed by atoms with Crippen LogP contribution in [0.3, 0.4) is 0 Å². The summed E-state index contributed by atoms with van der Waals surface area (Å²) in [5.74, 6) is -0.209. The SMILES string of the molecule is CC1(C(=O)N2CCOCC2)CCC(N2C(=O)c3ccccc3C2=O)CC1. The van der Waals surface area contributed by atoms with Gasteiger partial charge in [-0.1, -0.05) is 19.1 Å². The summed E-state index contributed by atoms with van der Waals surface area (Å²) in [6.07, 6.45) is 2.75. The standard InChI is InChI=1S/C20H24N2O4/c1-20(19(25)21-10-12-26-13-11-21)8-6-14(7-9-20)22-17(23)15-4-2-3-5-16(15)18(22)24/h2-5,14H,6-13H2,1H3. The fourth-order valence-electron chi connectivity index (χ4n) is 4.40. The number of carbonyl (C=O) groups excluding carboxylic acids is 3. The molecule has 6 heteroatoms. The van der Waals surface area contributed by atoms with Gasteiger partial charge < -0.3 is 9.64 Å². The van der Waals surface area contributed by atoms with Gasteiger partial charge in [0.15, 0.2) is 0 Å². The zero-order valence-electron chi connectivity index (χ0n) is 15.1. The van der Waals surface area contributed by atoms with Gasteiger partial charge in [0, 0.05) is 24.5 Å². The van der Waals surface area contributed by atoms with E-state index in [4.69, 9.17) is 4.74 Å². The lowest BCUT2D eigenvalue weighted by Gasteiger charge is -2.42. The van der Waals surface area contributed by atoms with Crippen LogP contribution in [0.1, 0.15) is 53.3 Å². The number of benzene rings is 1. The molecular formula is C20H24N2O4. The van der Waals surface area contributed by atoms with Crippen LogP contribution in [-0.2, 0) is 9.53 Å². The van der Waals surface area contributed by atoms with E-state index >= 15 is 0 Å². The first kappa shape index (κ1) is 17.2. The molecule has 0 bridgehead atoms. The molecule has 1 aromatic rings. The van der Waals surface area contributed by atoms with E-state index in [0.717, 1.165) is 0 Å². The Hall–Kier alpha value is -2.21. The Bertz CT molecular complexity index is 711. The molecule has 0 spiro atoms. The van der Waals surface area contributed by atoms with Crippen molar-refractivity contribution in [2.45, 2.75) is 38.6 Å². The van der Waals surface area contributed by atoms with Gasteiger partial charge in [-0.05, 0) is 37.8 Å². The molecule has 3 aliphatic rings. The van der Waals surface area contributed by atoms with Crippen molar-refractivity contribution >= 4 is 17.7 Å². The number of hydrogen-bond acceptors (Lipinski definition) is 4. The molecule has 1 saturated carbocycles. The largest absolute Gasteiger partial charge is 0.378 e. The fourth-order valence-corrected chi connectivity index (χ4v) is 4.40. The highest BCUT2D eigenvalue weighted by molar-refractivity contribution is 6.21. The van der Waals surface area contributed by atoms with Crippen LogP contribution in [0.5, 0.6) is 0 Å². The maximum atomic E-state index is 12.9. The summed E-state index contributed by atoms with van der Waals surface area (Å²) in [5, 5.41) is 0. The molecule has 6 nitrogen and oxygen atoms in total. The van der Waals surface area contributed by atoms with E-state index in [2.05, 4.69) is 0 Å². The minimum Gasteiger partial charge on any atom is -0.378 e. The molecule has 1 aromatic carbocycles. The minimum absolute atomic E-state index is 0.118. The van der Waals surface area contributed by atoms with Gasteiger partial charge in [0.2, 0.25) is 5.91 Å². The normalized spacial score (nSPS) is 29.0. The first-order valence-corrected chi connectivity index (χ1v) is 9.35. The van der Waals surface area contributed by atoms with Crippen LogP contribution in [-0.4, -0.2) is 59.9 Å². The van der Waals surface area contributed by atoms with Gasteiger partial charge in [-0.15, -0.1) is 0 Å². The lowest BCUT2D eigenvalue weighted by molar-refractivity contribution is -0.147. The molecule has 3 amide bonds. The van der Waals surface area contributed by atoms with Crippen molar-refractivity contribution in [3.05, 3.63) is 35.4 Å². The monoisotopic (exact) mass is 356 g/mol. The van der Waals surface area contributed by atoms with E-state index in [1.165, 1.54) is 4.90 Å². The van der Waals surface area contributed by atoms with Gasteiger partial charge in [0.25, 0.3) is 11.8 Å². The molecule has 0 unspecified atom stereocenters. The van der Waals surface area contributed by atoms with E-state index in [0.29, 0.717) is 63.1 Å². The number of hydrogen-bond donors (Lipinski definition) is 0. The molecule has 2 aliphatic heterocycles. The second kappa shape index (κ2) is 6.50. The quantitative estimate of drug-likeness (QED) is 0.761. The van der Waals surface area contributed by atoms with Gasteiger partial charge >= 0.3 is 0 Å². The molecule has 0 aromatic heterocycles. The molecule has 26 heavy (non-hydrogen) atoms. The van der Waals surface area contributed by atoms with Crippen LogP contribution >= 0.6 is 0 Å². The Kier molecular flexibility index (Phi) is 4.31. The summed E-state index contributed by atoms with van der Waals surface area (Å²) in [7, 11) is 0. The fraction of sp³-hybridized carbons (Fsp3) is 0.550. The van der Waals surface area contributed by atoms with E-state index < -0.39 is 5.41 Å². The highest BCUT2D eigenvalue weighted by Gasteiger charge is 2.46. The summed E-state index contributed by atoms with van der Waals surface area (Å²) < 4.78 is 5.33. The van der Waals surface area contributed by atoms with Crippen molar-refractivity contribution < 1.29 is 19.1 Å². The molecule has 0 radical (unpaired) electrons. The molecule has 0 atom stereocenters. The van der Waals surface area contributed by atoms with E-state index in [-0.39, 0.29) is 23.8 Å². The van der Waals surface area contributed by atoms with Crippen LogP contribution in [0.4, 0.5) is 0 Å². The van der Waals surface area contributed by atoms with E-state index in [1.54, 1.807) is 24.3 Å². The molecular weight excluding hydrogens is 332 g/mol. The van der Waals surface area contributed by atoms with Gasteiger partial charge in [0.1, 0.15) is 0 Å². The average Bonchev–Trinajstić information content (AvgIpc) is 2.94. The van der Waals surface area contributed by atoms with E-state index in [9.17, 15) is 14.4 Å². The maximum absolute atomic E-state index is 12.9. The average molecular weight is 356 g/mol. The van der Waals surface area contributed by atoms with Crippen LogP contribution < -0.4 is 0 Å². The number of rotatable bonds is 2. The highest BCUT2D eigenvalue weighted by atomic mass is 16.5. The first-order chi connectivity index (χ1) is 12.5. The summed E-state index contributed by atoms with van der Waals surface area (Å²) in [4.78, 5) is 41.6. The number of carbonyl (C=O) groups is 3. The van der Waals surface area contributed by atoms with E-state index in [1.807, 2.05) is 11.8 Å². The Morgan fingerprint density at radius 2 is 1.58 bits per heavy atom. The van der Waals surface area contributed by atoms with Crippen LogP contribution in [0, 0.1) is 5.41 Å². The Morgan fingerprint density at radius 1 is 1.04 bits per heavy atom. The van der Waals surface area contributed by atoms with Crippen molar-refractivity contribution in [1.29, 1.82) is 0 Å². The Labute approximate surface area is 153 Å². The molecule has 0 N–H and O–H groups in total. The number of amides is 3. The molecule has 138 valence electrons. The van der Waals surface area contributed by atoms with Crippen molar-refractivity contribution in [3.8, 4) is 0 Å². The van der Waals surface area contributed by atoms with Gasteiger partial charge in [-0.3, -0.25) is 19.3 Å². The van der Waals surface area contributed by atoms with Gasteiger partial charge in [-0.2, -0.15) is 0 Å². The van der Waals surface area contributed by atoms with Gasteiger partial charge in [0.05, 0.1) is 24.3 Å². The predicted octanol–water partition coefficient (Wildman–Crippen LogP) is 2.09. The Morgan fingerprint density at radius 3 is 2.12 bits per heavy atom. The summed E-state index contributed by atoms with van der Waals surface area (Å²) >= 11 is 0. The van der Waals surface area contributed by atoms with Crippen molar-refractivity contribution in [2.75, 3.05) is 26.3 Å². The second-order valence-corrected chi connectivity index (χ2v) is 7.72. The number of morpholine rings is 1. The van der Waals surface area contributed by atoms with Crippen molar-refractivity contribution in [3.63, 3.8) is 0 Å². The van der Waals surface area contributed by atoms with Crippen LogP contribution in [0.25, 0.3) is 0 Å². The summed E-state index contributed by atoms with van der Waals surface area (Å²) in [5.41, 5.74) is 0.581. The smallest absolute Gasteiger partial charge is 0.261 e. The second-order valence-electron chi connectivity index (χ2n) is 7.72. The number of nitrogens with zero attached hydrogens (tertiary/aromatic N) is 2. The van der Waals surface area contributed by atoms with Crippen molar-refractivity contribution in [1.82, 2.24) is 9.80 Å². The zero-order valence-corrected chi connectivity index (χ0v) is 15.1. The number of fused-ring (bicyclic) bond motifs is 1. The number of imide groups is 1. The third-order valence-electron chi connectivity index (χ3n) is 6.06. The first-order valence-electron chi connectivity index (χ1n) is 9.35. The molecule has 1 aliphatic carbocycles.